The van der Waals surface area contributed by atoms with Gasteiger partial charge in [0.05, 0.1) is 11.9 Å². The highest BCUT2D eigenvalue weighted by Gasteiger charge is 2.53. The van der Waals surface area contributed by atoms with E-state index in [1.54, 1.807) is 60.7 Å². The van der Waals surface area contributed by atoms with Crippen LogP contribution in [0.1, 0.15) is 31.7 Å². The van der Waals surface area contributed by atoms with Crippen molar-refractivity contribution in [1.82, 2.24) is 0 Å². The minimum atomic E-state index is -4.85. The third kappa shape index (κ3) is 4.79. The molecule has 2 N–H and O–H groups in total. The zero-order valence-corrected chi connectivity index (χ0v) is 16.5. The summed E-state index contributed by atoms with van der Waals surface area (Å²) in [5.74, 6) is -0.302. The molecule has 7 heteroatoms. The van der Waals surface area contributed by atoms with E-state index >= 15 is 0 Å². The van der Waals surface area contributed by atoms with Crippen LogP contribution >= 0.6 is 0 Å². The Morgan fingerprint density at radius 2 is 1.90 bits per heavy atom. The van der Waals surface area contributed by atoms with Crippen LogP contribution in [0.2, 0.25) is 0 Å². The van der Waals surface area contributed by atoms with E-state index in [-0.39, 0.29) is 12.3 Å². The summed E-state index contributed by atoms with van der Waals surface area (Å²) in [6.45, 7) is 1.10. The Hall–Kier alpha value is -2.93. The van der Waals surface area contributed by atoms with Crippen molar-refractivity contribution in [2.45, 2.75) is 38.0 Å². The van der Waals surface area contributed by atoms with Gasteiger partial charge < -0.3 is 10.4 Å². The predicted octanol–water partition coefficient (Wildman–Crippen LogP) is 3.61. The van der Waals surface area contributed by atoms with Crippen molar-refractivity contribution in [2.75, 3.05) is 11.9 Å². The van der Waals surface area contributed by atoms with Crippen LogP contribution in [0.4, 0.5) is 18.9 Å². The van der Waals surface area contributed by atoms with Crippen LogP contribution in [0, 0.1) is 0 Å². The average molecular weight is 416 g/mol. The molecule has 4 nitrogen and oxygen atoms in total. The lowest BCUT2D eigenvalue weighted by atomic mass is 9.89. The summed E-state index contributed by atoms with van der Waals surface area (Å²) in [6, 6.07) is 13.6. The molecule has 3 rings (SSSR count). The zero-order chi connectivity index (χ0) is 21.8. The summed E-state index contributed by atoms with van der Waals surface area (Å²) in [7, 11) is 0. The molecular weight excluding hydrogens is 393 g/mol. The number of anilines is 1. The van der Waals surface area contributed by atoms with Crippen LogP contribution in [0.15, 0.2) is 59.6 Å². The lowest BCUT2D eigenvalue weighted by Crippen LogP contribution is -2.51. The quantitative estimate of drug-likeness (QED) is 0.725. The van der Waals surface area contributed by atoms with E-state index in [1.807, 2.05) is 6.92 Å². The normalized spacial score (nSPS) is 16.2. The van der Waals surface area contributed by atoms with Crippen molar-refractivity contribution in [2.24, 2.45) is 4.99 Å². The van der Waals surface area contributed by atoms with Gasteiger partial charge in [0.15, 0.2) is 5.60 Å². The van der Waals surface area contributed by atoms with E-state index in [0.29, 0.717) is 33.8 Å². The number of amides is 1. The van der Waals surface area contributed by atoms with Crippen LogP contribution in [0.3, 0.4) is 0 Å². The maximum absolute atomic E-state index is 13.9. The van der Waals surface area contributed by atoms with Gasteiger partial charge in [-0.25, -0.2) is 4.99 Å². The van der Waals surface area contributed by atoms with Gasteiger partial charge in [-0.05, 0) is 29.7 Å². The molecule has 1 atom stereocenters. The molecule has 0 radical (unpaired) electrons. The fraction of sp³-hybridized carbons (Fsp3) is 0.304. The number of nitrogens with one attached hydrogen (secondary N) is 1. The maximum Gasteiger partial charge on any atom is 0.419 e. The molecule has 1 heterocycles. The van der Waals surface area contributed by atoms with Crippen molar-refractivity contribution in [1.29, 1.82) is 0 Å². The Morgan fingerprint density at radius 3 is 2.57 bits per heavy atom. The Labute approximate surface area is 172 Å². The number of carbonyl (C=O) groups is 1. The van der Waals surface area contributed by atoms with Gasteiger partial charge in [0.1, 0.15) is 0 Å². The number of fused-ring (bicyclic) bond motifs is 1. The minimum Gasteiger partial charge on any atom is -0.381 e. The van der Waals surface area contributed by atoms with Crippen molar-refractivity contribution in [3.63, 3.8) is 0 Å². The lowest BCUT2D eigenvalue weighted by Gasteiger charge is -2.32. The molecule has 1 aliphatic heterocycles. The summed E-state index contributed by atoms with van der Waals surface area (Å²) >= 11 is 0. The minimum absolute atomic E-state index is 0.0899. The Balaban J connectivity index is 1.91. The summed E-state index contributed by atoms with van der Waals surface area (Å²) < 4.78 is 41.8. The number of carbonyl (C=O) groups excluding carboxylic acids is 1. The largest absolute Gasteiger partial charge is 0.419 e. The van der Waals surface area contributed by atoms with E-state index in [1.165, 1.54) is 0 Å². The second kappa shape index (κ2) is 8.83. The number of benzene rings is 2. The van der Waals surface area contributed by atoms with Gasteiger partial charge in [0.2, 0.25) is 5.91 Å². The molecule has 30 heavy (non-hydrogen) atoms. The molecule has 0 bridgehead atoms. The van der Waals surface area contributed by atoms with Crippen LogP contribution in [-0.4, -0.2) is 29.3 Å². The SMILES string of the molecule is CC/C=C(/CC(O)(CNc1cccc2c1=CCC(=O)N=2)C(F)(F)F)c1ccccc1. The number of alkyl halides is 3. The molecule has 0 aromatic heterocycles. The number of hydrogen-bond acceptors (Lipinski definition) is 3. The fourth-order valence-corrected chi connectivity index (χ4v) is 3.40. The molecule has 1 aliphatic rings. The first-order chi connectivity index (χ1) is 14.2. The Bertz CT molecular complexity index is 1060. The van der Waals surface area contributed by atoms with Crippen LogP contribution in [0.5, 0.6) is 0 Å². The molecular formula is C23H23F3N2O2. The third-order valence-corrected chi connectivity index (χ3v) is 4.99. The highest BCUT2D eigenvalue weighted by molar-refractivity contribution is 5.83. The van der Waals surface area contributed by atoms with E-state index < -0.39 is 24.7 Å². The number of aliphatic hydroxyl groups is 1. The first-order valence-corrected chi connectivity index (χ1v) is 9.72. The highest BCUT2D eigenvalue weighted by Crippen LogP contribution is 2.38. The molecule has 0 spiro atoms. The standard InChI is InChI=1S/C23H23F3N2O2/c1-2-7-17(16-8-4-3-5-9-16)14-22(30,23(24,25)26)15-27-19-10-6-11-20-18(19)12-13-21(29)28-20/h3-12,27,30H,2,13-15H2,1H3/b17-7-. The van der Waals surface area contributed by atoms with Gasteiger partial charge in [-0.15, -0.1) is 0 Å². The molecule has 1 unspecified atom stereocenters. The number of nitrogens with zero attached hydrogens (tertiary/aromatic N) is 1. The second-order valence-corrected chi connectivity index (χ2v) is 7.22. The average Bonchev–Trinajstić information content (AvgIpc) is 2.71. The second-order valence-electron chi connectivity index (χ2n) is 7.22. The van der Waals surface area contributed by atoms with Gasteiger partial charge >= 0.3 is 6.18 Å². The molecule has 0 saturated heterocycles. The molecule has 2 aromatic carbocycles. The van der Waals surface area contributed by atoms with Crippen LogP contribution in [-0.2, 0) is 4.79 Å². The molecule has 0 aliphatic carbocycles. The third-order valence-electron chi connectivity index (χ3n) is 4.99. The summed E-state index contributed by atoms with van der Waals surface area (Å²) in [4.78, 5) is 15.4. The molecule has 2 aromatic rings. The summed E-state index contributed by atoms with van der Waals surface area (Å²) in [6.07, 6.45) is -1.46. The lowest BCUT2D eigenvalue weighted by molar-refractivity contribution is -0.252. The molecule has 1 amide bonds. The van der Waals surface area contributed by atoms with Gasteiger partial charge in [-0.1, -0.05) is 55.5 Å². The molecule has 0 fully saturated rings. The number of halogens is 3. The highest BCUT2D eigenvalue weighted by atomic mass is 19.4. The number of allylic oxidation sites excluding steroid dienone is 1. The van der Waals surface area contributed by atoms with Crippen molar-refractivity contribution in [3.05, 3.63) is 70.7 Å². The van der Waals surface area contributed by atoms with Crippen molar-refractivity contribution < 1.29 is 23.1 Å². The maximum atomic E-state index is 13.9. The van der Waals surface area contributed by atoms with E-state index in [4.69, 9.17) is 0 Å². The first-order valence-electron chi connectivity index (χ1n) is 9.72. The van der Waals surface area contributed by atoms with Crippen molar-refractivity contribution in [3.8, 4) is 0 Å². The molecule has 0 saturated carbocycles. The number of hydrogen-bond donors (Lipinski definition) is 2. The Morgan fingerprint density at radius 1 is 1.17 bits per heavy atom. The van der Waals surface area contributed by atoms with Crippen molar-refractivity contribution >= 4 is 23.2 Å². The van der Waals surface area contributed by atoms with E-state index in [9.17, 15) is 23.1 Å². The zero-order valence-electron chi connectivity index (χ0n) is 16.5. The smallest absolute Gasteiger partial charge is 0.381 e. The summed E-state index contributed by atoms with van der Waals surface area (Å²) in [5, 5.41) is 14.4. The van der Waals surface area contributed by atoms with Gasteiger partial charge in [-0.2, -0.15) is 13.2 Å². The first kappa shape index (κ1) is 21.8. The molecule has 158 valence electrons. The monoisotopic (exact) mass is 416 g/mol. The summed E-state index contributed by atoms with van der Waals surface area (Å²) in [5.41, 5.74) is -1.51. The van der Waals surface area contributed by atoms with Crippen LogP contribution in [0.25, 0.3) is 11.6 Å². The van der Waals surface area contributed by atoms with Gasteiger partial charge in [0.25, 0.3) is 0 Å². The van der Waals surface area contributed by atoms with E-state index in [0.717, 1.165) is 0 Å². The van der Waals surface area contributed by atoms with E-state index in [2.05, 4.69) is 10.3 Å². The van der Waals surface area contributed by atoms with Gasteiger partial charge in [0, 0.05) is 23.7 Å². The topological polar surface area (TPSA) is 61.7 Å². The van der Waals surface area contributed by atoms with Gasteiger partial charge in [-0.3, -0.25) is 4.79 Å². The predicted molar refractivity (Wildman–Crippen MR) is 110 cm³/mol. The fourth-order valence-electron chi connectivity index (χ4n) is 3.40. The Kier molecular flexibility index (Phi) is 6.41. The van der Waals surface area contributed by atoms with Crippen LogP contribution < -0.4 is 15.9 Å². The number of rotatable bonds is 7.